The zero-order chi connectivity index (χ0) is 18.4. The molecular weight excluding hydrogens is 377 g/mol. The number of methoxy groups -OCH3 is 1. The second-order valence-electron chi connectivity index (χ2n) is 5.67. The van der Waals surface area contributed by atoms with Gasteiger partial charge in [-0.2, -0.15) is 13.2 Å². The molecule has 1 aliphatic heterocycles. The SMILES string of the molecule is COc1cc(CNC(=O)[C@@H]2CC[C@H](CN)O2)ccc1OCC(F)(F)F.Cl. The van der Waals surface area contributed by atoms with Gasteiger partial charge in [0.05, 0.1) is 13.2 Å². The molecule has 0 aromatic heterocycles. The van der Waals surface area contributed by atoms with E-state index < -0.39 is 18.9 Å². The fourth-order valence-corrected chi connectivity index (χ4v) is 2.48. The zero-order valence-corrected chi connectivity index (χ0v) is 15.0. The maximum absolute atomic E-state index is 12.2. The minimum Gasteiger partial charge on any atom is -0.493 e. The molecule has 0 radical (unpaired) electrons. The molecule has 1 fully saturated rings. The molecule has 0 bridgehead atoms. The van der Waals surface area contributed by atoms with Gasteiger partial charge in [-0.05, 0) is 30.5 Å². The van der Waals surface area contributed by atoms with Crippen molar-refractivity contribution in [3.63, 3.8) is 0 Å². The maximum atomic E-state index is 12.2. The van der Waals surface area contributed by atoms with Crippen molar-refractivity contribution in [1.29, 1.82) is 0 Å². The number of hydrogen-bond acceptors (Lipinski definition) is 5. The molecule has 1 saturated heterocycles. The first-order valence-corrected chi connectivity index (χ1v) is 7.82. The largest absolute Gasteiger partial charge is 0.493 e. The summed E-state index contributed by atoms with van der Waals surface area (Å²) < 4.78 is 52.0. The van der Waals surface area contributed by atoms with Crippen LogP contribution in [0.5, 0.6) is 11.5 Å². The number of hydrogen-bond donors (Lipinski definition) is 2. The molecule has 1 aromatic rings. The van der Waals surface area contributed by atoms with Crippen LogP contribution in [0.1, 0.15) is 18.4 Å². The van der Waals surface area contributed by atoms with Gasteiger partial charge in [0, 0.05) is 13.1 Å². The van der Waals surface area contributed by atoms with Gasteiger partial charge in [-0.1, -0.05) is 6.07 Å². The van der Waals surface area contributed by atoms with Crippen LogP contribution in [-0.4, -0.2) is 44.6 Å². The molecule has 10 heteroatoms. The molecule has 1 amide bonds. The van der Waals surface area contributed by atoms with Gasteiger partial charge < -0.3 is 25.3 Å². The lowest BCUT2D eigenvalue weighted by Crippen LogP contribution is -2.35. The molecule has 1 aromatic carbocycles. The van der Waals surface area contributed by atoms with Crippen molar-refractivity contribution in [3.05, 3.63) is 23.8 Å². The second-order valence-corrected chi connectivity index (χ2v) is 5.67. The standard InChI is InChI=1S/C16H21F3N2O4.ClH/c1-23-14-6-10(2-4-12(14)24-9-16(17,18)19)8-21-15(22)13-5-3-11(7-20)25-13;/h2,4,6,11,13H,3,5,7-9,20H2,1H3,(H,21,22);1H/t11-,13+;/m1./s1. The predicted molar refractivity (Wildman–Crippen MR) is 90.6 cm³/mol. The second kappa shape index (κ2) is 9.84. The third kappa shape index (κ3) is 6.54. The monoisotopic (exact) mass is 398 g/mol. The molecule has 2 atom stereocenters. The van der Waals surface area contributed by atoms with Crippen LogP contribution in [0.3, 0.4) is 0 Å². The van der Waals surface area contributed by atoms with Crippen molar-refractivity contribution < 1.29 is 32.2 Å². The van der Waals surface area contributed by atoms with E-state index in [2.05, 4.69) is 5.32 Å². The lowest BCUT2D eigenvalue weighted by molar-refractivity contribution is -0.153. The number of amides is 1. The van der Waals surface area contributed by atoms with Gasteiger partial charge in [-0.15, -0.1) is 12.4 Å². The smallest absolute Gasteiger partial charge is 0.422 e. The van der Waals surface area contributed by atoms with Crippen LogP contribution in [0.25, 0.3) is 0 Å². The molecule has 1 heterocycles. The van der Waals surface area contributed by atoms with E-state index in [1.54, 1.807) is 6.07 Å². The van der Waals surface area contributed by atoms with Crippen molar-refractivity contribution in [2.75, 3.05) is 20.3 Å². The Morgan fingerprint density at radius 1 is 1.35 bits per heavy atom. The van der Waals surface area contributed by atoms with E-state index in [9.17, 15) is 18.0 Å². The highest BCUT2D eigenvalue weighted by Gasteiger charge is 2.30. The number of ether oxygens (including phenoxy) is 3. The fraction of sp³-hybridized carbons (Fsp3) is 0.562. The number of benzene rings is 1. The summed E-state index contributed by atoms with van der Waals surface area (Å²) in [7, 11) is 1.33. The summed E-state index contributed by atoms with van der Waals surface area (Å²) in [5.41, 5.74) is 6.17. The van der Waals surface area contributed by atoms with E-state index >= 15 is 0 Å². The van der Waals surface area contributed by atoms with Gasteiger partial charge in [0.2, 0.25) is 5.91 Å². The molecule has 0 spiro atoms. The zero-order valence-electron chi connectivity index (χ0n) is 14.2. The number of rotatable bonds is 7. The summed E-state index contributed by atoms with van der Waals surface area (Å²) in [5.74, 6) is -0.0940. The van der Waals surface area contributed by atoms with Crippen LogP contribution >= 0.6 is 12.4 Å². The van der Waals surface area contributed by atoms with E-state index in [0.717, 1.165) is 6.42 Å². The Balaban J connectivity index is 0.00000338. The van der Waals surface area contributed by atoms with Crippen molar-refractivity contribution in [1.82, 2.24) is 5.32 Å². The van der Waals surface area contributed by atoms with Gasteiger partial charge in [0.15, 0.2) is 18.1 Å². The summed E-state index contributed by atoms with van der Waals surface area (Å²) in [4.78, 5) is 12.1. The van der Waals surface area contributed by atoms with Gasteiger partial charge in [0.1, 0.15) is 6.10 Å². The van der Waals surface area contributed by atoms with Crippen LogP contribution in [0, 0.1) is 0 Å². The minimum absolute atomic E-state index is 0. The topological polar surface area (TPSA) is 82.8 Å². The van der Waals surface area contributed by atoms with Crippen molar-refractivity contribution in [3.8, 4) is 11.5 Å². The molecule has 0 saturated carbocycles. The first-order chi connectivity index (χ1) is 11.8. The highest BCUT2D eigenvalue weighted by molar-refractivity contribution is 5.85. The van der Waals surface area contributed by atoms with E-state index in [4.69, 9.17) is 19.9 Å². The van der Waals surface area contributed by atoms with Crippen molar-refractivity contribution in [2.45, 2.75) is 37.8 Å². The third-order valence-electron chi connectivity index (χ3n) is 3.75. The predicted octanol–water partition coefficient (Wildman–Crippen LogP) is 2.18. The van der Waals surface area contributed by atoms with Gasteiger partial charge in [-0.25, -0.2) is 0 Å². The molecule has 2 rings (SSSR count). The number of carbonyl (C=O) groups is 1. The Kier molecular flexibility index (Phi) is 8.45. The minimum atomic E-state index is -4.43. The highest BCUT2D eigenvalue weighted by atomic mass is 35.5. The summed E-state index contributed by atoms with van der Waals surface area (Å²) in [5, 5.41) is 2.73. The molecule has 0 unspecified atom stereocenters. The van der Waals surface area contributed by atoms with Crippen molar-refractivity contribution in [2.24, 2.45) is 5.73 Å². The summed E-state index contributed by atoms with van der Waals surface area (Å²) in [6, 6.07) is 4.46. The molecule has 3 N–H and O–H groups in total. The van der Waals surface area contributed by atoms with Crippen LogP contribution < -0.4 is 20.5 Å². The first kappa shape index (κ1) is 22.3. The van der Waals surface area contributed by atoms with Gasteiger partial charge in [0.25, 0.3) is 0 Å². The van der Waals surface area contributed by atoms with Crippen LogP contribution in [0.15, 0.2) is 18.2 Å². The number of carbonyl (C=O) groups excluding carboxylic acids is 1. The summed E-state index contributed by atoms with van der Waals surface area (Å²) >= 11 is 0. The van der Waals surface area contributed by atoms with E-state index in [1.807, 2.05) is 0 Å². The summed E-state index contributed by atoms with van der Waals surface area (Å²) in [6.45, 7) is -0.830. The fourth-order valence-electron chi connectivity index (χ4n) is 2.48. The molecule has 1 aliphatic rings. The van der Waals surface area contributed by atoms with Crippen LogP contribution in [-0.2, 0) is 16.1 Å². The lowest BCUT2D eigenvalue weighted by Gasteiger charge is -2.15. The first-order valence-electron chi connectivity index (χ1n) is 7.82. The quantitative estimate of drug-likeness (QED) is 0.735. The summed E-state index contributed by atoms with van der Waals surface area (Å²) in [6.07, 6.45) is -3.69. The Hall–Kier alpha value is -1.71. The van der Waals surface area contributed by atoms with Crippen molar-refractivity contribution >= 4 is 18.3 Å². The van der Waals surface area contributed by atoms with Crippen LogP contribution in [0.4, 0.5) is 13.2 Å². The Bertz CT molecular complexity index is 601. The maximum Gasteiger partial charge on any atom is 0.422 e. The number of nitrogens with one attached hydrogen (secondary N) is 1. The van der Waals surface area contributed by atoms with E-state index in [-0.39, 0.29) is 42.5 Å². The van der Waals surface area contributed by atoms with Gasteiger partial charge >= 0.3 is 6.18 Å². The molecule has 148 valence electrons. The van der Waals surface area contributed by atoms with E-state index in [0.29, 0.717) is 18.5 Å². The normalized spacial score (nSPS) is 19.6. The Morgan fingerprint density at radius 3 is 2.65 bits per heavy atom. The van der Waals surface area contributed by atoms with E-state index in [1.165, 1.54) is 19.2 Å². The average molecular weight is 399 g/mol. The molecular formula is C16H22ClF3N2O4. The average Bonchev–Trinajstić information content (AvgIpc) is 3.06. The number of halogens is 4. The molecule has 6 nitrogen and oxygen atoms in total. The number of nitrogens with two attached hydrogens (primary N) is 1. The molecule has 26 heavy (non-hydrogen) atoms. The lowest BCUT2D eigenvalue weighted by atomic mass is 10.1. The highest BCUT2D eigenvalue weighted by Crippen LogP contribution is 2.30. The Morgan fingerprint density at radius 2 is 2.08 bits per heavy atom. The van der Waals surface area contributed by atoms with Gasteiger partial charge in [-0.3, -0.25) is 4.79 Å². The molecule has 0 aliphatic carbocycles. The Labute approximate surface area is 155 Å². The third-order valence-corrected chi connectivity index (χ3v) is 3.75. The van der Waals surface area contributed by atoms with Crippen LogP contribution in [0.2, 0.25) is 0 Å². The number of alkyl halides is 3.